The molecule has 2 aromatic carbocycles. The fraction of sp³-hybridized carbons (Fsp3) is 0.188. The topological polar surface area (TPSA) is 113 Å². The number of benzene rings is 2. The number of phenols is 1. The van der Waals surface area contributed by atoms with Crippen molar-refractivity contribution in [3.05, 3.63) is 48.0 Å². The van der Waals surface area contributed by atoms with Gasteiger partial charge in [0.15, 0.2) is 0 Å². The molecule has 2 aromatic rings. The standard InChI is InChI=1S/C16H15NO6S/c18-14-4-2-1-3-13(14)17-24(21,22)12-5-6-15-10(8-12)7-11(9-23-15)16(19)20/h1-6,8,11,17-18H,7,9H2,(H,19,20). The first-order valence-corrected chi connectivity index (χ1v) is 8.64. The fourth-order valence-electron chi connectivity index (χ4n) is 2.46. The number of aromatic hydroxyl groups is 1. The molecule has 0 aliphatic carbocycles. The Morgan fingerprint density at radius 2 is 1.96 bits per heavy atom. The number of sulfonamides is 1. The van der Waals surface area contributed by atoms with Crippen LogP contribution in [0.2, 0.25) is 0 Å². The van der Waals surface area contributed by atoms with E-state index in [1.807, 2.05) is 0 Å². The Morgan fingerprint density at radius 1 is 1.21 bits per heavy atom. The first-order valence-electron chi connectivity index (χ1n) is 7.16. The number of aliphatic carboxylic acids is 1. The number of para-hydroxylation sites is 2. The highest BCUT2D eigenvalue weighted by Crippen LogP contribution is 2.31. The smallest absolute Gasteiger partial charge is 0.310 e. The summed E-state index contributed by atoms with van der Waals surface area (Å²) in [5, 5.41) is 18.8. The molecule has 0 bridgehead atoms. The first-order chi connectivity index (χ1) is 11.4. The van der Waals surface area contributed by atoms with E-state index in [-0.39, 0.29) is 29.4 Å². The lowest BCUT2D eigenvalue weighted by Crippen LogP contribution is -2.28. The van der Waals surface area contributed by atoms with Gasteiger partial charge >= 0.3 is 5.97 Å². The first kappa shape index (κ1) is 16.1. The fourth-order valence-corrected chi connectivity index (χ4v) is 3.58. The van der Waals surface area contributed by atoms with Crippen molar-refractivity contribution in [3.63, 3.8) is 0 Å². The van der Waals surface area contributed by atoms with E-state index in [2.05, 4.69) is 4.72 Å². The predicted octanol–water partition coefficient (Wildman–Crippen LogP) is 1.83. The zero-order valence-corrected chi connectivity index (χ0v) is 13.3. The highest BCUT2D eigenvalue weighted by molar-refractivity contribution is 7.92. The molecule has 0 saturated heterocycles. The molecule has 1 atom stereocenters. The summed E-state index contributed by atoms with van der Waals surface area (Å²) in [5.74, 6) is -1.40. The molecule has 126 valence electrons. The van der Waals surface area contributed by atoms with Gasteiger partial charge in [0.1, 0.15) is 18.1 Å². The van der Waals surface area contributed by atoms with Gasteiger partial charge in [-0.3, -0.25) is 9.52 Å². The molecule has 1 aliphatic rings. The zero-order valence-electron chi connectivity index (χ0n) is 12.5. The summed E-state index contributed by atoms with van der Waals surface area (Å²) in [5.41, 5.74) is 0.587. The van der Waals surface area contributed by atoms with Crippen molar-refractivity contribution in [1.82, 2.24) is 0 Å². The summed E-state index contributed by atoms with van der Waals surface area (Å²) >= 11 is 0. The lowest BCUT2D eigenvalue weighted by Gasteiger charge is -2.23. The minimum Gasteiger partial charge on any atom is -0.506 e. The van der Waals surface area contributed by atoms with Crippen LogP contribution in [0.4, 0.5) is 5.69 Å². The van der Waals surface area contributed by atoms with Gasteiger partial charge in [-0.15, -0.1) is 0 Å². The van der Waals surface area contributed by atoms with Crippen molar-refractivity contribution in [2.45, 2.75) is 11.3 Å². The van der Waals surface area contributed by atoms with Crippen LogP contribution in [0.25, 0.3) is 0 Å². The summed E-state index contributed by atoms with van der Waals surface area (Å²) in [4.78, 5) is 11.1. The molecule has 8 heteroatoms. The molecule has 1 aliphatic heterocycles. The van der Waals surface area contributed by atoms with Gasteiger partial charge in [0.25, 0.3) is 10.0 Å². The minimum absolute atomic E-state index is 0.0286. The average Bonchev–Trinajstić information content (AvgIpc) is 2.55. The number of hydrogen-bond acceptors (Lipinski definition) is 5. The Balaban J connectivity index is 1.91. The number of rotatable bonds is 4. The number of nitrogens with one attached hydrogen (secondary N) is 1. The van der Waals surface area contributed by atoms with E-state index in [9.17, 15) is 18.3 Å². The number of carboxylic acid groups (broad SMARTS) is 1. The van der Waals surface area contributed by atoms with Crippen LogP contribution in [0, 0.1) is 5.92 Å². The Morgan fingerprint density at radius 3 is 2.67 bits per heavy atom. The summed E-state index contributed by atoms with van der Waals surface area (Å²) < 4.78 is 32.6. The summed E-state index contributed by atoms with van der Waals surface area (Å²) in [6.45, 7) is 0.0601. The third kappa shape index (κ3) is 3.13. The minimum atomic E-state index is -3.92. The highest BCUT2D eigenvalue weighted by Gasteiger charge is 2.27. The molecule has 0 saturated carbocycles. The molecule has 3 N–H and O–H groups in total. The second-order valence-corrected chi connectivity index (χ2v) is 7.12. The number of anilines is 1. The second-order valence-electron chi connectivity index (χ2n) is 5.44. The maximum atomic E-state index is 12.5. The molecule has 1 unspecified atom stereocenters. The van der Waals surface area contributed by atoms with Gasteiger partial charge in [-0.25, -0.2) is 8.42 Å². The van der Waals surface area contributed by atoms with Crippen molar-refractivity contribution < 1.29 is 28.2 Å². The lowest BCUT2D eigenvalue weighted by atomic mass is 9.97. The maximum Gasteiger partial charge on any atom is 0.310 e. The normalized spacial score (nSPS) is 16.8. The monoisotopic (exact) mass is 349 g/mol. The number of ether oxygens (including phenoxy) is 1. The van der Waals surface area contributed by atoms with Crippen molar-refractivity contribution >= 4 is 21.7 Å². The molecular weight excluding hydrogens is 334 g/mol. The molecule has 0 aromatic heterocycles. The van der Waals surface area contributed by atoms with E-state index >= 15 is 0 Å². The quantitative estimate of drug-likeness (QED) is 0.726. The van der Waals surface area contributed by atoms with Crippen LogP contribution in [-0.2, 0) is 21.2 Å². The SMILES string of the molecule is O=C(O)C1COc2ccc(S(=O)(=O)Nc3ccccc3O)cc2C1. The lowest BCUT2D eigenvalue weighted by molar-refractivity contribution is -0.143. The Kier molecular flexibility index (Phi) is 4.06. The number of fused-ring (bicyclic) bond motifs is 1. The molecule has 3 rings (SSSR count). The molecule has 0 radical (unpaired) electrons. The summed E-state index contributed by atoms with van der Waals surface area (Å²) in [6, 6.07) is 10.3. The van der Waals surface area contributed by atoms with Crippen LogP contribution < -0.4 is 9.46 Å². The maximum absolute atomic E-state index is 12.5. The summed E-state index contributed by atoms with van der Waals surface area (Å²) in [7, 11) is -3.92. The number of phenolic OH excluding ortho intramolecular Hbond substituents is 1. The van der Waals surface area contributed by atoms with E-state index < -0.39 is 21.9 Å². The van der Waals surface area contributed by atoms with Gasteiger partial charge in [-0.05, 0) is 42.3 Å². The third-order valence-corrected chi connectivity index (χ3v) is 5.11. The highest BCUT2D eigenvalue weighted by atomic mass is 32.2. The van der Waals surface area contributed by atoms with E-state index in [1.165, 1.54) is 30.3 Å². The van der Waals surface area contributed by atoms with Gasteiger partial charge in [-0.2, -0.15) is 0 Å². The third-order valence-electron chi connectivity index (χ3n) is 3.75. The molecule has 1 heterocycles. The largest absolute Gasteiger partial charge is 0.506 e. The van der Waals surface area contributed by atoms with Crippen molar-refractivity contribution in [2.75, 3.05) is 11.3 Å². The Labute approximate surface area is 138 Å². The van der Waals surface area contributed by atoms with Crippen LogP contribution in [0.5, 0.6) is 11.5 Å². The van der Waals surface area contributed by atoms with Gasteiger partial charge < -0.3 is 14.9 Å². The number of carboxylic acids is 1. The molecular formula is C16H15NO6S. The molecule has 0 amide bonds. The van der Waals surface area contributed by atoms with Crippen molar-refractivity contribution in [3.8, 4) is 11.5 Å². The van der Waals surface area contributed by atoms with E-state index in [0.717, 1.165) is 0 Å². The van der Waals surface area contributed by atoms with Crippen LogP contribution in [0.1, 0.15) is 5.56 Å². The van der Waals surface area contributed by atoms with Crippen LogP contribution >= 0.6 is 0 Å². The van der Waals surface area contributed by atoms with E-state index in [4.69, 9.17) is 9.84 Å². The van der Waals surface area contributed by atoms with Gasteiger partial charge in [-0.1, -0.05) is 12.1 Å². The van der Waals surface area contributed by atoms with Crippen molar-refractivity contribution in [1.29, 1.82) is 0 Å². The van der Waals surface area contributed by atoms with Gasteiger partial charge in [0, 0.05) is 0 Å². The van der Waals surface area contributed by atoms with Gasteiger partial charge in [0.2, 0.25) is 0 Å². The Hall–Kier alpha value is -2.74. The van der Waals surface area contributed by atoms with Crippen LogP contribution in [-0.4, -0.2) is 31.2 Å². The molecule has 7 nitrogen and oxygen atoms in total. The predicted molar refractivity (Wildman–Crippen MR) is 85.7 cm³/mol. The van der Waals surface area contributed by atoms with E-state index in [1.54, 1.807) is 12.1 Å². The average molecular weight is 349 g/mol. The van der Waals surface area contributed by atoms with Crippen LogP contribution in [0.3, 0.4) is 0 Å². The number of hydrogen-bond donors (Lipinski definition) is 3. The summed E-state index contributed by atoms with van der Waals surface area (Å²) in [6.07, 6.45) is 0.199. The molecule has 0 spiro atoms. The van der Waals surface area contributed by atoms with Crippen molar-refractivity contribution in [2.24, 2.45) is 5.92 Å². The second kappa shape index (κ2) is 6.04. The molecule has 0 fully saturated rings. The number of carbonyl (C=O) groups is 1. The molecule has 24 heavy (non-hydrogen) atoms. The zero-order chi connectivity index (χ0) is 17.3. The Bertz CT molecular complexity index is 893. The van der Waals surface area contributed by atoms with E-state index in [0.29, 0.717) is 11.3 Å². The van der Waals surface area contributed by atoms with Gasteiger partial charge in [0.05, 0.1) is 16.5 Å². The van der Waals surface area contributed by atoms with Crippen LogP contribution in [0.15, 0.2) is 47.4 Å².